The van der Waals surface area contributed by atoms with E-state index in [2.05, 4.69) is 5.32 Å². The molecule has 0 aromatic heterocycles. The molecule has 28 heavy (non-hydrogen) atoms. The molecule has 0 fully saturated rings. The molecule has 144 valence electrons. The van der Waals surface area contributed by atoms with Gasteiger partial charge in [-0.2, -0.15) is 0 Å². The topological polar surface area (TPSA) is 63.2 Å². The fourth-order valence-corrected chi connectivity index (χ4v) is 4.23. The van der Waals surface area contributed by atoms with Crippen molar-refractivity contribution >= 4 is 15.7 Å². The first-order valence-electron chi connectivity index (χ1n) is 8.78. The number of benzene rings is 3. The zero-order chi connectivity index (χ0) is 20.1. The SMILES string of the molecule is C[C@H](NC(=O)c1cccc(CS(=O)(=O)c2ccccc2)c1)c1cccc(F)c1. The highest BCUT2D eigenvalue weighted by Gasteiger charge is 2.17. The van der Waals surface area contributed by atoms with Crippen molar-refractivity contribution < 1.29 is 17.6 Å². The summed E-state index contributed by atoms with van der Waals surface area (Å²) >= 11 is 0. The van der Waals surface area contributed by atoms with Crippen LogP contribution < -0.4 is 5.32 Å². The van der Waals surface area contributed by atoms with Gasteiger partial charge in [-0.25, -0.2) is 12.8 Å². The Morgan fingerprint density at radius 1 is 0.964 bits per heavy atom. The first-order chi connectivity index (χ1) is 13.3. The van der Waals surface area contributed by atoms with Crippen molar-refractivity contribution in [1.29, 1.82) is 0 Å². The summed E-state index contributed by atoms with van der Waals surface area (Å²) in [6.45, 7) is 1.76. The van der Waals surface area contributed by atoms with E-state index < -0.39 is 9.84 Å². The maximum Gasteiger partial charge on any atom is 0.251 e. The number of rotatable bonds is 6. The predicted molar refractivity (Wildman–Crippen MR) is 106 cm³/mol. The smallest absolute Gasteiger partial charge is 0.251 e. The molecule has 0 spiro atoms. The number of amides is 1. The van der Waals surface area contributed by atoms with Gasteiger partial charge in [0.25, 0.3) is 5.91 Å². The maximum absolute atomic E-state index is 13.4. The summed E-state index contributed by atoms with van der Waals surface area (Å²) in [6, 6.07) is 20.3. The van der Waals surface area contributed by atoms with E-state index in [1.807, 2.05) is 0 Å². The number of nitrogens with one attached hydrogen (secondary N) is 1. The molecule has 0 bridgehead atoms. The third-order valence-electron chi connectivity index (χ3n) is 4.34. The van der Waals surface area contributed by atoms with Gasteiger partial charge in [-0.3, -0.25) is 4.79 Å². The minimum Gasteiger partial charge on any atom is -0.346 e. The molecule has 1 amide bonds. The van der Waals surface area contributed by atoms with Crippen LogP contribution in [-0.2, 0) is 15.6 Å². The Morgan fingerprint density at radius 2 is 1.68 bits per heavy atom. The molecule has 3 aromatic rings. The van der Waals surface area contributed by atoms with Crippen molar-refractivity contribution in [2.24, 2.45) is 0 Å². The molecule has 4 nitrogen and oxygen atoms in total. The lowest BCUT2D eigenvalue weighted by Crippen LogP contribution is -2.26. The molecule has 0 saturated heterocycles. The first kappa shape index (κ1) is 19.8. The molecule has 6 heteroatoms. The maximum atomic E-state index is 13.4. The molecule has 0 unspecified atom stereocenters. The van der Waals surface area contributed by atoms with Gasteiger partial charge in [-0.05, 0) is 54.4 Å². The van der Waals surface area contributed by atoms with Crippen LogP contribution in [0.2, 0.25) is 0 Å². The minimum absolute atomic E-state index is 0.197. The summed E-state index contributed by atoms with van der Waals surface area (Å²) in [5.41, 5.74) is 1.52. The molecule has 0 aliphatic heterocycles. The average Bonchev–Trinajstić information content (AvgIpc) is 2.68. The summed E-state index contributed by atoms with van der Waals surface area (Å²) in [5.74, 6) is -0.917. The third kappa shape index (κ3) is 4.84. The van der Waals surface area contributed by atoms with Crippen molar-refractivity contribution in [2.75, 3.05) is 0 Å². The second-order valence-electron chi connectivity index (χ2n) is 6.52. The normalized spacial score (nSPS) is 12.4. The number of halogens is 1. The van der Waals surface area contributed by atoms with Crippen molar-refractivity contribution in [3.8, 4) is 0 Å². The van der Waals surface area contributed by atoms with Crippen LogP contribution in [0.1, 0.15) is 34.5 Å². The monoisotopic (exact) mass is 397 g/mol. The number of sulfone groups is 1. The van der Waals surface area contributed by atoms with Crippen molar-refractivity contribution in [3.05, 3.63) is 101 Å². The van der Waals surface area contributed by atoms with Gasteiger partial charge < -0.3 is 5.32 Å². The number of carbonyl (C=O) groups is 1. The van der Waals surface area contributed by atoms with Crippen LogP contribution >= 0.6 is 0 Å². The molecular weight excluding hydrogens is 377 g/mol. The van der Waals surface area contributed by atoms with E-state index in [0.29, 0.717) is 16.7 Å². The van der Waals surface area contributed by atoms with Crippen molar-refractivity contribution in [2.45, 2.75) is 23.6 Å². The van der Waals surface area contributed by atoms with E-state index in [0.717, 1.165) is 0 Å². The van der Waals surface area contributed by atoms with Gasteiger partial charge in [0.05, 0.1) is 16.7 Å². The van der Waals surface area contributed by atoms with Gasteiger partial charge in [0.1, 0.15) is 5.82 Å². The zero-order valence-corrected chi connectivity index (χ0v) is 16.1. The van der Waals surface area contributed by atoms with Crippen LogP contribution in [0.4, 0.5) is 4.39 Å². The van der Waals surface area contributed by atoms with Crippen LogP contribution in [0.5, 0.6) is 0 Å². The predicted octanol–water partition coefficient (Wildman–Crippen LogP) is 4.29. The highest BCUT2D eigenvalue weighted by molar-refractivity contribution is 7.90. The molecule has 0 saturated carbocycles. The fraction of sp³-hybridized carbons (Fsp3) is 0.136. The number of carbonyl (C=O) groups excluding carboxylic acids is 1. The third-order valence-corrected chi connectivity index (χ3v) is 6.05. The van der Waals surface area contributed by atoms with Crippen molar-refractivity contribution in [3.63, 3.8) is 0 Å². The molecule has 3 aromatic carbocycles. The van der Waals surface area contributed by atoms with Crippen LogP contribution in [0.15, 0.2) is 83.8 Å². The van der Waals surface area contributed by atoms with Gasteiger partial charge in [0.15, 0.2) is 9.84 Å². The lowest BCUT2D eigenvalue weighted by molar-refractivity contribution is 0.0939. The largest absolute Gasteiger partial charge is 0.346 e. The summed E-state index contributed by atoms with van der Waals surface area (Å²) in [6.07, 6.45) is 0. The Kier molecular flexibility index (Phi) is 5.90. The molecule has 0 aliphatic carbocycles. The van der Waals surface area contributed by atoms with Crippen LogP contribution in [0, 0.1) is 5.82 Å². The zero-order valence-electron chi connectivity index (χ0n) is 15.3. The van der Waals surface area contributed by atoms with E-state index in [-0.39, 0.29) is 28.4 Å². The van der Waals surface area contributed by atoms with Gasteiger partial charge in [0, 0.05) is 5.56 Å². The van der Waals surface area contributed by atoms with Crippen LogP contribution in [-0.4, -0.2) is 14.3 Å². The summed E-state index contributed by atoms with van der Waals surface area (Å²) in [7, 11) is -3.50. The number of hydrogen-bond acceptors (Lipinski definition) is 3. The second-order valence-corrected chi connectivity index (χ2v) is 8.51. The van der Waals surface area contributed by atoms with E-state index in [4.69, 9.17) is 0 Å². The van der Waals surface area contributed by atoms with E-state index in [1.54, 1.807) is 73.7 Å². The lowest BCUT2D eigenvalue weighted by Gasteiger charge is -2.15. The van der Waals surface area contributed by atoms with Crippen molar-refractivity contribution in [1.82, 2.24) is 5.32 Å². The Hall–Kier alpha value is -2.99. The molecular formula is C22H20FNO3S. The summed E-state index contributed by atoms with van der Waals surface area (Å²) < 4.78 is 38.5. The van der Waals surface area contributed by atoms with Crippen LogP contribution in [0.3, 0.4) is 0 Å². The Bertz CT molecular complexity index is 1080. The Balaban J connectivity index is 1.75. The lowest BCUT2D eigenvalue weighted by atomic mass is 10.1. The highest BCUT2D eigenvalue weighted by Crippen LogP contribution is 2.18. The van der Waals surface area contributed by atoms with E-state index in [1.165, 1.54) is 12.1 Å². The first-order valence-corrected chi connectivity index (χ1v) is 10.4. The summed E-state index contributed by atoms with van der Waals surface area (Å²) in [5, 5.41) is 2.81. The van der Waals surface area contributed by atoms with E-state index in [9.17, 15) is 17.6 Å². The van der Waals surface area contributed by atoms with Gasteiger partial charge >= 0.3 is 0 Å². The Labute approximate surface area is 164 Å². The minimum atomic E-state index is -3.50. The second kappa shape index (κ2) is 8.35. The Morgan fingerprint density at radius 3 is 2.39 bits per heavy atom. The molecule has 0 heterocycles. The molecule has 1 atom stereocenters. The summed E-state index contributed by atoms with van der Waals surface area (Å²) in [4.78, 5) is 12.8. The van der Waals surface area contributed by atoms with E-state index >= 15 is 0 Å². The molecule has 0 aliphatic rings. The quantitative estimate of drug-likeness (QED) is 0.675. The van der Waals surface area contributed by atoms with Gasteiger partial charge in [0.2, 0.25) is 0 Å². The van der Waals surface area contributed by atoms with Gasteiger partial charge in [-0.1, -0.05) is 42.5 Å². The average molecular weight is 397 g/mol. The molecule has 3 rings (SSSR count). The number of hydrogen-bond donors (Lipinski definition) is 1. The van der Waals surface area contributed by atoms with Gasteiger partial charge in [-0.15, -0.1) is 0 Å². The molecule has 0 radical (unpaired) electrons. The fourth-order valence-electron chi connectivity index (χ4n) is 2.87. The van der Waals surface area contributed by atoms with Crippen LogP contribution in [0.25, 0.3) is 0 Å². The molecule has 1 N–H and O–H groups in total. The highest BCUT2D eigenvalue weighted by atomic mass is 32.2. The standard InChI is InChI=1S/C22H20FNO3S/c1-16(18-8-6-10-20(23)14-18)24-22(25)19-9-5-7-17(13-19)15-28(26,27)21-11-3-2-4-12-21/h2-14,16H,15H2,1H3,(H,24,25)/t16-/m0/s1.